The summed E-state index contributed by atoms with van der Waals surface area (Å²) >= 11 is 8.16. The largest absolute Gasteiger partial charge is 0.273 e. The van der Waals surface area contributed by atoms with Crippen LogP contribution in [0.15, 0.2) is 23.2 Å². The molecule has 128 valence electrons. The summed E-state index contributed by atoms with van der Waals surface area (Å²) in [6, 6.07) is 6.09. The van der Waals surface area contributed by atoms with E-state index in [1.54, 1.807) is 11.3 Å². The molecular weight excluding hydrogens is 352 g/mol. The maximum atomic E-state index is 6.40. The van der Waals surface area contributed by atoms with E-state index < -0.39 is 0 Å². The zero-order valence-electron chi connectivity index (χ0n) is 14.9. The fourth-order valence-corrected chi connectivity index (χ4v) is 4.61. The predicted molar refractivity (Wildman–Crippen MR) is 104 cm³/mol. The van der Waals surface area contributed by atoms with Crippen LogP contribution in [-0.4, -0.2) is 20.5 Å². The number of thiophene rings is 1. The number of rotatable bonds is 1. The molecule has 0 fully saturated rings. The monoisotopic (exact) mass is 370 g/mol. The molecular formula is C19H19ClN4S. The van der Waals surface area contributed by atoms with Crippen LogP contribution in [0, 0.1) is 27.7 Å². The van der Waals surface area contributed by atoms with Crippen molar-refractivity contribution in [3.8, 4) is 5.00 Å². The third-order valence-electron chi connectivity index (χ3n) is 4.80. The summed E-state index contributed by atoms with van der Waals surface area (Å²) in [5.74, 6) is 1.77. The molecule has 0 aliphatic carbocycles. The van der Waals surface area contributed by atoms with Crippen LogP contribution >= 0.6 is 22.9 Å². The first kappa shape index (κ1) is 16.5. The van der Waals surface area contributed by atoms with Gasteiger partial charge in [-0.15, -0.1) is 21.5 Å². The van der Waals surface area contributed by atoms with Gasteiger partial charge in [0, 0.05) is 21.0 Å². The summed E-state index contributed by atoms with van der Waals surface area (Å²) < 4.78 is 2.15. The highest BCUT2D eigenvalue weighted by molar-refractivity contribution is 7.15. The summed E-state index contributed by atoms with van der Waals surface area (Å²) in [4.78, 5) is 6.31. The molecule has 2 aromatic heterocycles. The molecule has 1 atom stereocenters. The minimum atomic E-state index is -0.0735. The Balaban J connectivity index is 2.05. The first-order valence-electron chi connectivity index (χ1n) is 8.25. The third-order valence-corrected chi connectivity index (χ3v) is 6.40. The van der Waals surface area contributed by atoms with E-state index in [0.717, 1.165) is 44.1 Å². The topological polar surface area (TPSA) is 43.1 Å². The predicted octanol–water partition coefficient (Wildman–Crippen LogP) is 5.13. The van der Waals surface area contributed by atoms with Gasteiger partial charge in [0.05, 0.1) is 5.71 Å². The van der Waals surface area contributed by atoms with Crippen molar-refractivity contribution in [1.82, 2.24) is 14.8 Å². The van der Waals surface area contributed by atoms with Crippen LogP contribution in [0.25, 0.3) is 5.00 Å². The van der Waals surface area contributed by atoms with E-state index in [1.807, 2.05) is 19.9 Å². The molecule has 0 N–H and O–H groups in total. The van der Waals surface area contributed by atoms with Crippen molar-refractivity contribution in [2.24, 2.45) is 4.99 Å². The Kier molecular flexibility index (Phi) is 3.81. The Morgan fingerprint density at radius 1 is 1.12 bits per heavy atom. The minimum Gasteiger partial charge on any atom is -0.273 e. The number of aromatic nitrogens is 3. The van der Waals surface area contributed by atoms with Crippen LogP contribution in [0.1, 0.15) is 51.7 Å². The summed E-state index contributed by atoms with van der Waals surface area (Å²) in [6.45, 7) is 10.4. The average Bonchev–Trinajstić information content (AvgIpc) is 3.04. The second kappa shape index (κ2) is 5.78. The normalized spacial score (nSPS) is 16.2. The molecule has 1 aromatic carbocycles. The molecule has 1 aliphatic rings. The van der Waals surface area contributed by atoms with E-state index in [1.165, 1.54) is 10.4 Å². The number of benzene rings is 1. The van der Waals surface area contributed by atoms with Crippen LogP contribution in [0.3, 0.4) is 0 Å². The fourth-order valence-electron chi connectivity index (χ4n) is 3.22. The summed E-state index contributed by atoms with van der Waals surface area (Å²) in [5.41, 5.74) is 5.51. The lowest BCUT2D eigenvalue weighted by Gasteiger charge is -2.10. The highest BCUT2D eigenvalue weighted by atomic mass is 35.5. The van der Waals surface area contributed by atoms with Crippen molar-refractivity contribution in [2.75, 3.05) is 0 Å². The second-order valence-corrected chi connectivity index (χ2v) is 8.13. The molecule has 3 heterocycles. The Morgan fingerprint density at radius 2 is 1.88 bits per heavy atom. The Labute approximate surface area is 156 Å². The van der Waals surface area contributed by atoms with Gasteiger partial charge < -0.3 is 0 Å². The van der Waals surface area contributed by atoms with E-state index in [-0.39, 0.29) is 6.04 Å². The smallest absolute Gasteiger partial charge is 0.162 e. The number of fused-ring (bicyclic) bond motifs is 3. The highest BCUT2D eigenvalue weighted by Gasteiger charge is 2.29. The lowest BCUT2D eigenvalue weighted by Crippen LogP contribution is -2.07. The molecule has 0 saturated heterocycles. The van der Waals surface area contributed by atoms with Gasteiger partial charge in [0.2, 0.25) is 0 Å². The summed E-state index contributed by atoms with van der Waals surface area (Å²) in [5, 5.41) is 10.6. The summed E-state index contributed by atoms with van der Waals surface area (Å²) in [7, 11) is 0. The van der Waals surface area contributed by atoms with Gasteiger partial charge in [-0.05, 0) is 51.8 Å². The Bertz CT molecular complexity index is 1030. The standard InChI is InChI=1S/C19H19ClN4S/c1-9-6-7-14(8-15(9)20)17-16-10(2)12(4)25-19(16)24-13(5)22-23-18(24)11(3)21-17/h6-8,11H,1-5H3. The molecule has 1 aliphatic heterocycles. The van der Waals surface area contributed by atoms with Crippen molar-refractivity contribution in [3.63, 3.8) is 0 Å². The number of aryl methyl sites for hydroxylation is 3. The summed E-state index contributed by atoms with van der Waals surface area (Å²) in [6.07, 6.45) is 0. The molecule has 4 nitrogen and oxygen atoms in total. The van der Waals surface area contributed by atoms with Crippen molar-refractivity contribution < 1.29 is 0 Å². The van der Waals surface area contributed by atoms with Gasteiger partial charge in [0.1, 0.15) is 16.9 Å². The first-order chi connectivity index (χ1) is 11.9. The Morgan fingerprint density at radius 3 is 2.60 bits per heavy atom. The fraction of sp³-hybridized carbons (Fsp3) is 0.316. The van der Waals surface area contributed by atoms with Crippen molar-refractivity contribution >= 4 is 28.6 Å². The molecule has 1 unspecified atom stereocenters. The van der Waals surface area contributed by atoms with Gasteiger partial charge in [-0.1, -0.05) is 23.7 Å². The van der Waals surface area contributed by atoms with Gasteiger partial charge >= 0.3 is 0 Å². The third kappa shape index (κ3) is 2.45. The Hall–Kier alpha value is -1.98. The second-order valence-electron chi connectivity index (χ2n) is 6.52. The number of halogens is 1. The maximum absolute atomic E-state index is 6.40. The molecule has 6 heteroatoms. The molecule has 0 spiro atoms. The number of hydrogen-bond donors (Lipinski definition) is 0. The van der Waals surface area contributed by atoms with E-state index >= 15 is 0 Å². The zero-order valence-corrected chi connectivity index (χ0v) is 16.5. The van der Waals surface area contributed by atoms with Gasteiger partial charge in [-0.2, -0.15) is 0 Å². The molecule has 0 bridgehead atoms. The van der Waals surface area contributed by atoms with Crippen LogP contribution in [-0.2, 0) is 0 Å². The van der Waals surface area contributed by atoms with Crippen LogP contribution in [0.4, 0.5) is 0 Å². The average molecular weight is 371 g/mol. The van der Waals surface area contributed by atoms with Gasteiger partial charge in [0.25, 0.3) is 0 Å². The molecule has 0 amide bonds. The van der Waals surface area contributed by atoms with Crippen molar-refractivity contribution in [1.29, 1.82) is 0 Å². The van der Waals surface area contributed by atoms with Gasteiger partial charge in [-0.3, -0.25) is 9.56 Å². The first-order valence-corrected chi connectivity index (χ1v) is 9.45. The zero-order chi connectivity index (χ0) is 17.9. The van der Waals surface area contributed by atoms with Crippen LogP contribution < -0.4 is 0 Å². The molecule has 25 heavy (non-hydrogen) atoms. The highest BCUT2D eigenvalue weighted by Crippen LogP contribution is 2.38. The van der Waals surface area contributed by atoms with Crippen LogP contribution in [0.2, 0.25) is 5.02 Å². The quantitative estimate of drug-likeness (QED) is 0.596. The van der Waals surface area contributed by atoms with Crippen molar-refractivity contribution in [3.05, 3.63) is 62.0 Å². The van der Waals surface area contributed by atoms with Gasteiger partial charge in [0.15, 0.2) is 5.82 Å². The lowest BCUT2D eigenvalue weighted by molar-refractivity contribution is 0.724. The maximum Gasteiger partial charge on any atom is 0.162 e. The molecule has 0 radical (unpaired) electrons. The minimum absolute atomic E-state index is 0.0735. The van der Waals surface area contributed by atoms with Gasteiger partial charge in [-0.25, -0.2) is 0 Å². The SMILES string of the molecule is Cc1ccc(C2=NC(C)c3nnc(C)n3-c3sc(C)c(C)c32)cc1Cl. The molecule has 0 saturated carbocycles. The van der Waals surface area contributed by atoms with E-state index in [9.17, 15) is 0 Å². The van der Waals surface area contributed by atoms with Crippen LogP contribution in [0.5, 0.6) is 0 Å². The van der Waals surface area contributed by atoms with E-state index in [0.29, 0.717) is 0 Å². The van der Waals surface area contributed by atoms with E-state index in [4.69, 9.17) is 16.6 Å². The number of aliphatic imine (C=N–C) groups is 1. The van der Waals surface area contributed by atoms with Crippen molar-refractivity contribution in [2.45, 2.75) is 40.7 Å². The number of hydrogen-bond acceptors (Lipinski definition) is 4. The number of nitrogens with zero attached hydrogens (tertiary/aromatic N) is 4. The lowest BCUT2D eigenvalue weighted by atomic mass is 9.99. The van der Waals surface area contributed by atoms with E-state index in [2.05, 4.69) is 47.7 Å². The molecule has 3 aromatic rings. The molecule has 4 rings (SSSR count).